The summed E-state index contributed by atoms with van der Waals surface area (Å²) in [5.41, 5.74) is 1.52. The van der Waals surface area contributed by atoms with E-state index in [4.69, 9.17) is 0 Å². The van der Waals surface area contributed by atoms with E-state index in [0.29, 0.717) is 23.8 Å². The molecular formula is C21H19FN4O. The number of nitrogens with one attached hydrogen (secondary N) is 2. The lowest BCUT2D eigenvalue weighted by molar-refractivity contribution is 0.0953. The van der Waals surface area contributed by atoms with Crippen LogP contribution in [0.1, 0.15) is 16.1 Å². The van der Waals surface area contributed by atoms with Gasteiger partial charge in [-0.05, 0) is 6.07 Å². The van der Waals surface area contributed by atoms with Gasteiger partial charge in [0.25, 0.3) is 5.91 Å². The molecule has 5 nitrogen and oxygen atoms in total. The van der Waals surface area contributed by atoms with Crippen molar-refractivity contribution in [2.45, 2.75) is 6.54 Å². The maximum absolute atomic E-state index is 13.8. The number of nitrogens with zero attached hydrogens (tertiary/aromatic N) is 2. The third-order valence-electron chi connectivity index (χ3n) is 3.82. The van der Waals surface area contributed by atoms with Gasteiger partial charge in [0.15, 0.2) is 5.82 Å². The lowest BCUT2D eigenvalue weighted by atomic mass is 10.2. The zero-order valence-electron chi connectivity index (χ0n) is 14.7. The number of carbonyl (C=O) groups excluding carboxylic acids is 1. The normalized spacial score (nSPS) is 10.3. The number of hydrogen-bond donors (Lipinski definition) is 2. The Morgan fingerprint density at radius 2 is 1.81 bits per heavy atom. The van der Waals surface area contributed by atoms with Crippen LogP contribution in [-0.4, -0.2) is 22.4 Å². The summed E-state index contributed by atoms with van der Waals surface area (Å²) in [6, 6.07) is 17.4. The van der Waals surface area contributed by atoms with E-state index >= 15 is 0 Å². The third kappa shape index (κ3) is 4.76. The Morgan fingerprint density at radius 1 is 1.07 bits per heavy atom. The van der Waals surface area contributed by atoms with Crippen molar-refractivity contribution >= 4 is 11.7 Å². The van der Waals surface area contributed by atoms with E-state index in [1.54, 1.807) is 30.3 Å². The Bertz CT molecular complexity index is 944. The summed E-state index contributed by atoms with van der Waals surface area (Å²) in [5, 5.41) is 5.77. The highest BCUT2D eigenvalue weighted by molar-refractivity contribution is 5.93. The van der Waals surface area contributed by atoms with Crippen LogP contribution in [-0.2, 0) is 6.54 Å². The molecule has 0 atom stereocenters. The molecule has 0 radical (unpaired) electrons. The number of carbonyl (C=O) groups is 1. The van der Waals surface area contributed by atoms with E-state index in [1.807, 2.05) is 30.3 Å². The van der Waals surface area contributed by atoms with Gasteiger partial charge in [0.1, 0.15) is 17.3 Å². The molecular weight excluding hydrogens is 343 g/mol. The molecule has 1 amide bonds. The molecule has 1 aromatic heterocycles. The third-order valence-corrected chi connectivity index (χ3v) is 3.82. The molecule has 0 spiro atoms. The monoisotopic (exact) mass is 362 g/mol. The average Bonchev–Trinajstić information content (AvgIpc) is 2.72. The van der Waals surface area contributed by atoms with Gasteiger partial charge in [0.05, 0.1) is 0 Å². The molecule has 0 fully saturated rings. The van der Waals surface area contributed by atoms with Crippen LogP contribution < -0.4 is 10.6 Å². The number of amides is 1. The van der Waals surface area contributed by atoms with Crippen molar-refractivity contribution in [3.8, 4) is 11.4 Å². The first-order valence-corrected chi connectivity index (χ1v) is 8.48. The van der Waals surface area contributed by atoms with E-state index in [-0.39, 0.29) is 24.0 Å². The lowest BCUT2D eigenvalue weighted by Gasteiger charge is -2.11. The molecule has 0 bridgehead atoms. The number of benzene rings is 2. The molecule has 2 aromatic carbocycles. The highest BCUT2D eigenvalue weighted by Crippen LogP contribution is 2.19. The first kappa shape index (κ1) is 18.3. The Morgan fingerprint density at radius 3 is 2.56 bits per heavy atom. The van der Waals surface area contributed by atoms with Gasteiger partial charge in [-0.1, -0.05) is 54.6 Å². The average molecular weight is 362 g/mol. The minimum Gasteiger partial charge on any atom is -0.366 e. The summed E-state index contributed by atoms with van der Waals surface area (Å²) in [4.78, 5) is 21.2. The van der Waals surface area contributed by atoms with Crippen molar-refractivity contribution in [3.05, 3.63) is 90.4 Å². The number of hydrogen-bond acceptors (Lipinski definition) is 4. The quantitative estimate of drug-likeness (QED) is 0.627. The van der Waals surface area contributed by atoms with Crippen LogP contribution >= 0.6 is 0 Å². The number of aromatic nitrogens is 2. The first-order valence-electron chi connectivity index (χ1n) is 8.48. The summed E-state index contributed by atoms with van der Waals surface area (Å²) in [7, 11) is 0. The number of rotatable bonds is 7. The van der Waals surface area contributed by atoms with Gasteiger partial charge in [0.2, 0.25) is 0 Å². The van der Waals surface area contributed by atoms with Crippen LogP contribution in [0.5, 0.6) is 0 Å². The molecule has 3 rings (SSSR count). The summed E-state index contributed by atoms with van der Waals surface area (Å²) < 4.78 is 13.8. The van der Waals surface area contributed by atoms with Gasteiger partial charge >= 0.3 is 0 Å². The van der Waals surface area contributed by atoms with Crippen LogP contribution in [0.3, 0.4) is 0 Å². The molecule has 0 saturated heterocycles. The molecule has 0 aliphatic rings. The Balaban J connectivity index is 1.90. The maximum atomic E-state index is 13.8. The van der Waals surface area contributed by atoms with Crippen molar-refractivity contribution in [2.24, 2.45) is 0 Å². The molecule has 136 valence electrons. The maximum Gasteiger partial charge on any atom is 0.270 e. The predicted molar refractivity (Wildman–Crippen MR) is 104 cm³/mol. The zero-order valence-corrected chi connectivity index (χ0v) is 14.7. The SMILES string of the molecule is C=CCNC(=O)c1cc(NCc2ccccc2F)nc(-c2ccccc2)n1. The summed E-state index contributed by atoms with van der Waals surface area (Å²) >= 11 is 0. The summed E-state index contributed by atoms with van der Waals surface area (Å²) in [6.45, 7) is 4.16. The summed E-state index contributed by atoms with van der Waals surface area (Å²) in [6.07, 6.45) is 1.59. The van der Waals surface area contributed by atoms with Gasteiger partial charge in [-0.2, -0.15) is 0 Å². The molecule has 0 saturated carbocycles. The Kier molecular flexibility index (Phi) is 5.89. The first-order chi connectivity index (χ1) is 13.2. The van der Waals surface area contributed by atoms with Crippen LogP contribution in [0.2, 0.25) is 0 Å². The zero-order chi connectivity index (χ0) is 19.1. The largest absolute Gasteiger partial charge is 0.366 e. The Labute approximate surface area is 157 Å². The number of halogens is 1. The van der Waals surface area contributed by atoms with E-state index in [2.05, 4.69) is 27.2 Å². The molecule has 27 heavy (non-hydrogen) atoms. The fourth-order valence-corrected chi connectivity index (χ4v) is 2.45. The van der Waals surface area contributed by atoms with Gasteiger partial charge in [0, 0.05) is 30.3 Å². The smallest absolute Gasteiger partial charge is 0.270 e. The highest BCUT2D eigenvalue weighted by Gasteiger charge is 2.13. The van der Waals surface area contributed by atoms with Crippen LogP contribution in [0, 0.1) is 5.82 Å². The van der Waals surface area contributed by atoms with E-state index in [0.717, 1.165) is 5.56 Å². The van der Waals surface area contributed by atoms with Crippen LogP contribution in [0.4, 0.5) is 10.2 Å². The second-order valence-electron chi connectivity index (χ2n) is 5.77. The van der Waals surface area contributed by atoms with Crippen molar-refractivity contribution < 1.29 is 9.18 Å². The van der Waals surface area contributed by atoms with Crippen molar-refractivity contribution in [1.29, 1.82) is 0 Å². The van der Waals surface area contributed by atoms with Gasteiger partial charge in [-0.25, -0.2) is 14.4 Å². The lowest BCUT2D eigenvalue weighted by Crippen LogP contribution is -2.24. The molecule has 0 aliphatic carbocycles. The minimum atomic E-state index is -0.330. The van der Waals surface area contributed by atoms with Gasteiger partial charge < -0.3 is 10.6 Å². The van der Waals surface area contributed by atoms with Crippen LogP contribution in [0.15, 0.2) is 73.3 Å². The van der Waals surface area contributed by atoms with Crippen molar-refractivity contribution in [2.75, 3.05) is 11.9 Å². The Hall–Kier alpha value is -3.54. The van der Waals surface area contributed by atoms with Gasteiger partial charge in [-0.3, -0.25) is 4.79 Å². The van der Waals surface area contributed by atoms with E-state index < -0.39 is 0 Å². The second-order valence-corrected chi connectivity index (χ2v) is 5.77. The van der Waals surface area contributed by atoms with Crippen molar-refractivity contribution in [3.63, 3.8) is 0 Å². The molecule has 2 N–H and O–H groups in total. The van der Waals surface area contributed by atoms with E-state index in [1.165, 1.54) is 6.07 Å². The molecule has 6 heteroatoms. The fourth-order valence-electron chi connectivity index (χ4n) is 2.45. The van der Waals surface area contributed by atoms with Gasteiger partial charge in [-0.15, -0.1) is 6.58 Å². The molecule has 1 heterocycles. The summed E-state index contributed by atoms with van der Waals surface area (Å²) in [5.74, 6) is 0.225. The minimum absolute atomic E-state index is 0.224. The standard InChI is InChI=1S/C21H19FN4O/c1-2-12-23-21(27)18-13-19(24-14-16-10-6-7-11-17(16)22)26-20(25-18)15-8-4-3-5-9-15/h2-11,13H,1,12,14H2,(H,23,27)(H,24,25,26). The van der Waals surface area contributed by atoms with Crippen molar-refractivity contribution in [1.82, 2.24) is 15.3 Å². The topological polar surface area (TPSA) is 66.9 Å². The van der Waals surface area contributed by atoms with E-state index in [9.17, 15) is 9.18 Å². The molecule has 0 unspecified atom stereocenters. The predicted octanol–water partition coefficient (Wildman–Crippen LogP) is 3.81. The van der Waals surface area contributed by atoms with Crippen LogP contribution in [0.25, 0.3) is 11.4 Å². The number of anilines is 1. The highest BCUT2D eigenvalue weighted by atomic mass is 19.1. The second kappa shape index (κ2) is 8.71. The fraction of sp³-hybridized carbons (Fsp3) is 0.0952. The molecule has 3 aromatic rings. The molecule has 0 aliphatic heterocycles.